The minimum absolute atomic E-state index is 0.276. The van der Waals surface area contributed by atoms with Gasteiger partial charge in [-0.15, -0.1) is 0 Å². The summed E-state index contributed by atoms with van der Waals surface area (Å²) in [5.74, 6) is 0.968. The van der Waals surface area contributed by atoms with Crippen LogP contribution < -0.4 is 10.1 Å². The molecule has 0 saturated heterocycles. The summed E-state index contributed by atoms with van der Waals surface area (Å²) in [6.07, 6.45) is 5.22. The van der Waals surface area contributed by atoms with E-state index in [0.29, 0.717) is 11.5 Å². The van der Waals surface area contributed by atoms with Crippen LogP contribution in [-0.2, 0) is 0 Å². The highest BCUT2D eigenvalue weighted by Crippen LogP contribution is 2.39. The number of ether oxygens (including phenoxy) is 1. The first-order chi connectivity index (χ1) is 9.01. The molecular weight excluding hydrogens is 234 g/mol. The van der Waals surface area contributed by atoms with Crippen molar-refractivity contribution in [1.82, 2.24) is 0 Å². The maximum absolute atomic E-state index is 5.88. The van der Waals surface area contributed by atoms with E-state index >= 15 is 0 Å². The van der Waals surface area contributed by atoms with Gasteiger partial charge >= 0.3 is 0 Å². The van der Waals surface area contributed by atoms with Gasteiger partial charge in [-0.05, 0) is 43.7 Å². The van der Waals surface area contributed by atoms with Crippen LogP contribution >= 0.6 is 0 Å². The summed E-state index contributed by atoms with van der Waals surface area (Å²) in [6.45, 7) is 8.97. The minimum Gasteiger partial charge on any atom is -0.491 e. The topological polar surface area (TPSA) is 21.3 Å². The fraction of sp³-hybridized carbons (Fsp3) is 0.647. The van der Waals surface area contributed by atoms with Crippen molar-refractivity contribution in [3.8, 4) is 5.75 Å². The fourth-order valence-corrected chi connectivity index (χ4v) is 2.77. The van der Waals surface area contributed by atoms with Gasteiger partial charge in [-0.2, -0.15) is 0 Å². The molecule has 19 heavy (non-hydrogen) atoms. The Hall–Kier alpha value is -1.18. The predicted octanol–water partition coefficient (Wildman–Crippen LogP) is 4.85. The Bertz CT molecular complexity index is 413. The Balaban J connectivity index is 2.03. The number of hydrogen-bond acceptors (Lipinski definition) is 2. The first-order valence-electron chi connectivity index (χ1n) is 7.54. The Morgan fingerprint density at radius 1 is 1.42 bits per heavy atom. The van der Waals surface area contributed by atoms with Crippen LogP contribution in [0.5, 0.6) is 5.75 Å². The molecule has 0 heterocycles. The summed E-state index contributed by atoms with van der Waals surface area (Å²) in [5, 5.41) is 3.68. The lowest BCUT2D eigenvalue weighted by Crippen LogP contribution is -2.30. The molecule has 1 saturated carbocycles. The average Bonchev–Trinajstić information content (AvgIpc) is 2.69. The number of benzene rings is 1. The van der Waals surface area contributed by atoms with Gasteiger partial charge < -0.3 is 10.1 Å². The number of hydrogen-bond donors (Lipinski definition) is 1. The van der Waals surface area contributed by atoms with Crippen molar-refractivity contribution in [3.63, 3.8) is 0 Å². The molecule has 1 N–H and O–H groups in total. The molecule has 2 nitrogen and oxygen atoms in total. The molecule has 0 spiro atoms. The second-order valence-corrected chi connectivity index (χ2v) is 6.44. The van der Waals surface area contributed by atoms with Crippen LogP contribution in [-0.4, -0.2) is 12.1 Å². The lowest BCUT2D eigenvalue weighted by atomic mass is 9.87. The van der Waals surface area contributed by atoms with E-state index in [4.69, 9.17) is 4.74 Å². The lowest BCUT2D eigenvalue weighted by molar-refractivity contribution is 0.217. The Morgan fingerprint density at radius 2 is 2.21 bits per heavy atom. The molecule has 0 amide bonds. The van der Waals surface area contributed by atoms with E-state index in [9.17, 15) is 0 Å². The van der Waals surface area contributed by atoms with Gasteiger partial charge in [0.05, 0.1) is 6.10 Å². The van der Waals surface area contributed by atoms with E-state index in [0.717, 1.165) is 12.2 Å². The maximum Gasteiger partial charge on any atom is 0.121 e. The van der Waals surface area contributed by atoms with Crippen molar-refractivity contribution < 1.29 is 4.74 Å². The second-order valence-electron chi connectivity index (χ2n) is 6.44. The summed E-state index contributed by atoms with van der Waals surface area (Å²) in [5.41, 5.74) is 1.58. The minimum atomic E-state index is 0.276. The van der Waals surface area contributed by atoms with Crippen LogP contribution in [0.2, 0.25) is 0 Å². The summed E-state index contributed by atoms with van der Waals surface area (Å²) in [4.78, 5) is 0. The van der Waals surface area contributed by atoms with Crippen LogP contribution in [0.25, 0.3) is 0 Å². The number of rotatable bonds is 5. The first kappa shape index (κ1) is 14.2. The highest BCUT2D eigenvalue weighted by Gasteiger charge is 2.34. The van der Waals surface area contributed by atoms with Gasteiger partial charge in [0.2, 0.25) is 0 Å². The summed E-state index contributed by atoms with van der Waals surface area (Å²) >= 11 is 0. The number of nitrogens with one attached hydrogen (secondary N) is 1. The van der Waals surface area contributed by atoms with Crippen LogP contribution in [0, 0.1) is 5.41 Å². The quantitative estimate of drug-likeness (QED) is 0.817. The third-order valence-corrected chi connectivity index (χ3v) is 4.34. The van der Waals surface area contributed by atoms with Crippen molar-refractivity contribution in [2.75, 3.05) is 5.32 Å². The molecule has 1 aliphatic rings. The standard InChI is InChI=1S/C17H27NO/c1-5-13(2)19-15-9-6-8-14(12-15)18-16-10-7-11-17(16,3)4/h6,8-9,12-13,16,18H,5,7,10-11H2,1-4H3. The van der Waals surface area contributed by atoms with E-state index in [1.54, 1.807) is 0 Å². The molecule has 1 fully saturated rings. The van der Waals surface area contributed by atoms with E-state index in [-0.39, 0.29) is 6.10 Å². The SMILES string of the molecule is CCC(C)Oc1cccc(NC2CCCC2(C)C)c1. The lowest BCUT2D eigenvalue weighted by Gasteiger charge is -2.29. The van der Waals surface area contributed by atoms with Crippen molar-refractivity contribution in [2.45, 2.75) is 65.5 Å². The third-order valence-electron chi connectivity index (χ3n) is 4.34. The smallest absolute Gasteiger partial charge is 0.121 e. The summed E-state index contributed by atoms with van der Waals surface area (Å²) in [6, 6.07) is 8.95. The van der Waals surface area contributed by atoms with Crippen molar-refractivity contribution in [1.29, 1.82) is 0 Å². The Labute approximate surface area is 117 Å². The van der Waals surface area contributed by atoms with E-state index in [1.165, 1.54) is 24.9 Å². The molecule has 106 valence electrons. The van der Waals surface area contributed by atoms with Crippen molar-refractivity contribution in [2.24, 2.45) is 5.41 Å². The van der Waals surface area contributed by atoms with Gasteiger partial charge in [0.1, 0.15) is 5.75 Å². The molecule has 2 heteroatoms. The monoisotopic (exact) mass is 261 g/mol. The molecule has 2 atom stereocenters. The van der Waals surface area contributed by atoms with Crippen molar-refractivity contribution in [3.05, 3.63) is 24.3 Å². The van der Waals surface area contributed by atoms with Gasteiger partial charge in [0.25, 0.3) is 0 Å². The van der Waals surface area contributed by atoms with Crippen LogP contribution in [0.15, 0.2) is 24.3 Å². The zero-order valence-corrected chi connectivity index (χ0v) is 12.7. The zero-order valence-electron chi connectivity index (χ0n) is 12.7. The molecule has 0 aromatic heterocycles. The van der Waals surface area contributed by atoms with Gasteiger partial charge in [-0.1, -0.05) is 33.3 Å². The molecule has 1 aromatic carbocycles. The average molecular weight is 261 g/mol. The molecule has 0 radical (unpaired) electrons. The van der Waals surface area contributed by atoms with Gasteiger partial charge in [0.15, 0.2) is 0 Å². The van der Waals surface area contributed by atoms with E-state index in [2.05, 4.69) is 51.2 Å². The molecule has 2 rings (SSSR count). The van der Waals surface area contributed by atoms with E-state index < -0.39 is 0 Å². The maximum atomic E-state index is 5.88. The van der Waals surface area contributed by atoms with Gasteiger partial charge in [-0.25, -0.2) is 0 Å². The summed E-state index contributed by atoms with van der Waals surface area (Å²) in [7, 11) is 0. The van der Waals surface area contributed by atoms with Crippen LogP contribution in [0.4, 0.5) is 5.69 Å². The van der Waals surface area contributed by atoms with Gasteiger partial charge in [-0.3, -0.25) is 0 Å². The van der Waals surface area contributed by atoms with Crippen LogP contribution in [0.3, 0.4) is 0 Å². The highest BCUT2D eigenvalue weighted by atomic mass is 16.5. The molecule has 2 unspecified atom stereocenters. The Kier molecular flexibility index (Phi) is 4.38. The fourth-order valence-electron chi connectivity index (χ4n) is 2.77. The normalized spacial score (nSPS) is 23.1. The van der Waals surface area contributed by atoms with E-state index in [1.807, 2.05) is 6.07 Å². The predicted molar refractivity (Wildman–Crippen MR) is 81.9 cm³/mol. The first-order valence-corrected chi connectivity index (χ1v) is 7.54. The summed E-state index contributed by atoms with van der Waals surface area (Å²) < 4.78 is 5.88. The molecule has 1 aliphatic carbocycles. The Morgan fingerprint density at radius 3 is 2.84 bits per heavy atom. The third kappa shape index (κ3) is 3.65. The van der Waals surface area contributed by atoms with Crippen molar-refractivity contribution >= 4 is 5.69 Å². The molecule has 0 aliphatic heterocycles. The number of anilines is 1. The largest absolute Gasteiger partial charge is 0.491 e. The van der Waals surface area contributed by atoms with Crippen LogP contribution in [0.1, 0.15) is 53.4 Å². The van der Waals surface area contributed by atoms with Gasteiger partial charge in [0, 0.05) is 17.8 Å². The molecular formula is C17H27NO. The molecule has 1 aromatic rings. The molecule has 0 bridgehead atoms. The highest BCUT2D eigenvalue weighted by molar-refractivity contribution is 5.49. The second kappa shape index (κ2) is 5.85. The zero-order chi connectivity index (χ0) is 13.9.